The SMILES string of the molecule is Cc1nnc(N/N=C/c2cc([N+](=O)[O-])c(N3CCCC[C@H]3C)cc2N2CCCC[C@@H]2C)n1N. The Morgan fingerprint density at radius 3 is 2.27 bits per heavy atom. The van der Waals surface area contributed by atoms with Crippen LogP contribution in [-0.4, -0.2) is 51.2 Å². The summed E-state index contributed by atoms with van der Waals surface area (Å²) in [6.45, 7) is 7.84. The van der Waals surface area contributed by atoms with Crippen LogP contribution >= 0.6 is 0 Å². The van der Waals surface area contributed by atoms with E-state index in [-0.39, 0.29) is 16.7 Å². The first-order chi connectivity index (χ1) is 15.9. The lowest BCUT2D eigenvalue weighted by molar-refractivity contribution is -0.384. The zero-order chi connectivity index (χ0) is 23.5. The molecular weight excluding hydrogens is 422 g/mol. The molecule has 2 aromatic rings. The van der Waals surface area contributed by atoms with E-state index in [0.717, 1.165) is 50.9 Å². The Balaban J connectivity index is 1.76. The van der Waals surface area contributed by atoms with Gasteiger partial charge in [0.05, 0.1) is 11.1 Å². The third-order valence-corrected chi connectivity index (χ3v) is 6.78. The zero-order valence-electron chi connectivity index (χ0n) is 19.6. The number of nitrogen functional groups attached to an aromatic ring is 1. The lowest BCUT2D eigenvalue weighted by Crippen LogP contribution is -2.40. The molecule has 11 heteroatoms. The van der Waals surface area contributed by atoms with Crippen molar-refractivity contribution in [2.45, 2.75) is 71.4 Å². The Labute approximate surface area is 193 Å². The number of piperidine rings is 2. The first kappa shape index (κ1) is 22.8. The van der Waals surface area contributed by atoms with Crippen LogP contribution in [0.1, 0.15) is 63.8 Å². The van der Waals surface area contributed by atoms with Crippen molar-refractivity contribution in [1.82, 2.24) is 14.9 Å². The summed E-state index contributed by atoms with van der Waals surface area (Å²) in [5.41, 5.74) is 5.26. The Kier molecular flexibility index (Phi) is 6.66. The summed E-state index contributed by atoms with van der Waals surface area (Å²) >= 11 is 0. The fourth-order valence-electron chi connectivity index (χ4n) is 4.83. The summed E-state index contributed by atoms with van der Waals surface area (Å²) in [5.74, 6) is 6.72. The molecule has 4 rings (SSSR count). The van der Waals surface area contributed by atoms with Gasteiger partial charge in [-0.25, -0.2) is 10.1 Å². The molecule has 0 spiro atoms. The third-order valence-electron chi connectivity index (χ3n) is 6.78. The molecule has 3 N–H and O–H groups in total. The van der Waals surface area contributed by atoms with Crippen molar-refractivity contribution in [3.05, 3.63) is 33.6 Å². The minimum Gasteiger partial charge on any atom is -0.368 e. The van der Waals surface area contributed by atoms with Gasteiger partial charge in [-0.1, -0.05) is 0 Å². The second kappa shape index (κ2) is 9.63. The third kappa shape index (κ3) is 4.71. The number of benzene rings is 1. The standard InChI is InChI=1S/C22H33N9O2/c1-15-8-4-6-10-28(15)19-13-20(29-11-7-5-9-16(29)2)21(31(32)33)12-18(19)14-24-26-22-27-25-17(3)30(22)23/h12-16H,4-11,23H2,1-3H3,(H,26,27)/b24-14+/t15-,16+/m0/s1. The molecule has 11 nitrogen and oxygen atoms in total. The van der Waals surface area contributed by atoms with Crippen LogP contribution in [0.4, 0.5) is 23.0 Å². The fourth-order valence-corrected chi connectivity index (χ4v) is 4.83. The number of nitrogens with two attached hydrogens (primary N) is 1. The van der Waals surface area contributed by atoms with Crippen molar-refractivity contribution in [2.24, 2.45) is 5.10 Å². The van der Waals surface area contributed by atoms with Gasteiger partial charge in [-0.3, -0.25) is 10.1 Å². The maximum absolute atomic E-state index is 12.1. The molecule has 0 saturated carbocycles. The van der Waals surface area contributed by atoms with E-state index in [1.165, 1.54) is 11.1 Å². The van der Waals surface area contributed by atoms with Gasteiger partial charge in [0.2, 0.25) is 0 Å². The van der Waals surface area contributed by atoms with Crippen molar-refractivity contribution < 1.29 is 4.92 Å². The molecule has 2 aliphatic rings. The van der Waals surface area contributed by atoms with Gasteiger partial charge in [0.25, 0.3) is 11.6 Å². The summed E-state index contributed by atoms with van der Waals surface area (Å²) in [6, 6.07) is 4.27. The molecule has 33 heavy (non-hydrogen) atoms. The molecule has 0 aliphatic carbocycles. The van der Waals surface area contributed by atoms with Crippen LogP contribution < -0.4 is 21.1 Å². The van der Waals surface area contributed by atoms with Crippen molar-refractivity contribution in [2.75, 3.05) is 34.2 Å². The molecule has 2 fully saturated rings. The molecule has 3 heterocycles. The Hall–Kier alpha value is -3.37. The van der Waals surface area contributed by atoms with Gasteiger partial charge >= 0.3 is 0 Å². The van der Waals surface area contributed by atoms with Crippen molar-refractivity contribution in [3.8, 4) is 0 Å². The highest BCUT2D eigenvalue weighted by Gasteiger charge is 2.30. The Bertz CT molecular complexity index is 1040. The number of hydrazone groups is 1. The maximum atomic E-state index is 12.1. The normalized spacial score (nSPS) is 21.5. The molecule has 0 unspecified atom stereocenters. The van der Waals surface area contributed by atoms with E-state index >= 15 is 0 Å². The molecule has 2 saturated heterocycles. The molecule has 0 amide bonds. The largest absolute Gasteiger partial charge is 0.368 e. The monoisotopic (exact) mass is 455 g/mol. The molecule has 178 valence electrons. The van der Waals surface area contributed by atoms with Gasteiger partial charge in [-0.05, 0) is 65.4 Å². The van der Waals surface area contributed by atoms with Gasteiger partial charge in [0, 0.05) is 42.5 Å². The highest BCUT2D eigenvalue weighted by molar-refractivity contribution is 5.92. The van der Waals surface area contributed by atoms with E-state index in [9.17, 15) is 10.1 Å². The summed E-state index contributed by atoms with van der Waals surface area (Å²) in [5, 5.41) is 24.2. The van der Waals surface area contributed by atoms with Crippen LogP contribution in [-0.2, 0) is 0 Å². The van der Waals surface area contributed by atoms with E-state index in [1.807, 2.05) is 6.07 Å². The number of hydrogen-bond acceptors (Lipinski definition) is 9. The lowest BCUT2D eigenvalue weighted by atomic mass is 9.98. The predicted molar refractivity (Wildman–Crippen MR) is 131 cm³/mol. The van der Waals surface area contributed by atoms with E-state index in [2.05, 4.69) is 44.4 Å². The van der Waals surface area contributed by atoms with E-state index in [0.29, 0.717) is 29.1 Å². The number of rotatable bonds is 6. The van der Waals surface area contributed by atoms with Crippen LogP contribution in [0.25, 0.3) is 0 Å². The number of nitrogens with one attached hydrogen (secondary N) is 1. The van der Waals surface area contributed by atoms with Crippen LogP contribution in [0.2, 0.25) is 0 Å². The Morgan fingerprint density at radius 1 is 1.09 bits per heavy atom. The van der Waals surface area contributed by atoms with Crippen molar-refractivity contribution in [1.29, 1.82) is 0 Å². The lowest BCUT2D eigenvalue weighted by Gasteiger charge is -2.39. The number of aryl methyl sites for hydroxylation is 1. The second-order valence-corrected chi connectivity index (χ2v) is 9.04. The average molecular weight is 456 g/mol. The molecule has 0 radical (unpaired) electrons. The van der Waals surface area contributed by atoms with Crippen molar-refractivity contribution in [3.63, 3.8) is 0 Å². The average Bonchev–Trinajstić information content (AvgIpc) is 3.12. The first-order valence-corrected chi connectivity index (χ1v) is 11.7. The highest BCUT2D eigenvalue weighted by Crippen LogP contribution is 2.39. The zero-order valence-corrected chi connectivity index (χ0v) is 19.6. The fraction of sp³-hybridized carbons (Fsp3) is 0.591. The number of hydrogen-bond donors (Lipinski definition) is 2. The number of nitrogens with zero attached hydrogens (tertiary/aromatic N) is 7. The molecular formula is C22H33N9O2. The smallest absolute Gasteiger partial charge is 0.293 e. The van der Waals surface area contributed by atoms with E-state index in [1.54, 1.807) is 19.2 Å². The van der Waals surface area contributed by atoms with Crippen LogP contribution in [0, 0.1) is 17.0 Å². The summed E-state index contributed by atoms with van der Waals surface area (Å²) < 4.78 is 1.30. The van der Waals surface area contributed by atoms with Gasteiger partial charge in [0.1, 0.15) is 5.69 Å². The molecule has 1 aromatic carbocycles. The first-order valence-electron chi connectivity index (χ1n) is 11.7. The number of nitro groups is 1. The van der Waals surface area contributed by atoms with Gasteiger partial charge in [-0.2, -0.15) is 5.10 Å². The number of anilines is 3. The molecule has 0 bridgehead atoms. The number of aromatic nitrogens is 3. The summed E-state index contributed by atoms with van der Waals surface area (Å²) in [6.07, 6.45) is 8.23. The predicted octanol–water partition coefficient (Wildman–Crippen LogP) is 3.41. The second-order valence-electron chi connectivity index (χ2n) is 9.04. The molecule has 2 aliphatic heterocycles. The minimum atomic E-state index is -0.287. The van der Waals surface area contributed by atoms with Crippen LogP contribution in [0.5, 0.6) is 0 Å². The highest BCUT2D eigenvalue weighted by atomic mass is 16.6. The number of nitro benzene ring substituents is 1. The minimum absolute atomic E-state index is 0.108. The molecule has 2 atom stereocenters. The van der Waals surface area contributed by atoms with E-state index in [4.69, 9.17) is 5.84 Å². The van der Waals surface area contributed by atoms with Gasteiger partial charge < -0.3 is 15.6 Å². The van der Waals surface area contributed by atoms with Crippen LogP contribution in [0.15, 0.2) is 17.2 Å². The molecule has 1 aromatic heterocycles. The quantitative estimate of drug-likeness (QED) is 0.293. The Morgan fingerprint density at radius 2 is 1.73 bits per heavy atom. The topological polar surface area (TPSA) is 131 Å². The van der Waals surface area contributed by atoms with E-state index < -0.39 is 0 Å². The van der Waals surface area contributed by atoms with Crippen molar-refractivity contribution >= 4 is 29.2 Å². The van der Waals surface area contributed by atoms with Gasteiger partial charge in [-0.15, -0.1) is 10.2 Å². The van der Waals surface area contributed by atoms with Crippen LogP contribution in [0.3, 0.4) is 0 Å². The summed E-state index contributed by atoms with van der Waals surface area (Å²) in [4.78, 5) is 16.3. The maximum Gasteiger partial charge on any atom is 0.293 e. The van der Waals surface area contributed by atoms with Gasteiger partial charge in [0.15, 0.2) is 5.82 Å². The summed E-state index contributed by atoms with van der Waals surface area (Å²) in [7, 11) is 0.